The van der Waals surface area contributed by atoms with Gasteiger partial charge in [0.2, 0.25) is 5.91 Å². The number of hydrogen-bond acceptors (Lipinski definition) is 5. The summed E-state index contributed by atoms with van der Waals surface area (Å²) in [7, 11) is -1.73. The number of amides is 1. The number of hydrogen-bond donors (Lipinski definition) is 1. The lowest BCUT2D eigenvalue weighted by Gasteiger charge is -2.25. The number of halogens is 3. The van der Waals surface area contributed by atoms with Crippen LogP contribution in [0.4, 0.5) is 18.9 Å². The number of nitrogens with zero attached hydrogens (tertiary/aromatic N) is 1. The van der Waals surface area contributed by atoms with Crippen LogP contribution in [-0.2, 0) is 21.0 Å². The summed E-state index contributed by atoms with van der Waals surface area (Å²) in [6.45, 7) is 1.41. The summed E-state index contributed by atoms with van der Waals surface area (Å²) in [4.78, 5) is 12.0. The number of carbonyl (C=O) groups excluding carboxylic acids is 1. The zero-order chi connectivity index (χ0) is 23.2. The molecule has 0 saturated carbocycles. The van der Waals surface area contributed by atoms with E-state index >= 15 is 0 Å². The van der Waals surface area contributed by atoms with E-state index in [1.165, 1.54) is 38.5 Å². The van der Waals surface area contributed by atoms with Crippen LogP contribution in [0.2, 0.25) is 0 Å². The van der Waals surface area contributed by atoms with Crippen molar-refractivity contribution < 1.29 is 35.9 Å². The average Bonchev–Trinajstić information content (AvgIpc) is 2.74. The van der Waals surface area contributed by atoms with Crippen molar-refractivity contribution in [2.24, 2.45) is 0 Å². The van der Waals surface area contributed by atoms with E-state index in [2.05, 4.69) is 5.32 Å². The van der Waals surface area contributed by atoms with Crippen LogP contribution < -0.4 is 19.1 Å². The molecule has 0 saturated heterocycles. The first-order chi connectivity index (χ1) is 14.5. The predicted molar refractivity (Wildman–Crippen MR) is 109 cm³/mol. The monoisotopic (exact) mass is 460 g/mol. The van der Waals surface area contributed by atoms with Crippen molar-refractivity contribution in [2.45, 2.75) is 24.4 Å². The first-order valence-corrected chi connectivity index (χ1v) is 10.7. The number of rotatable bonds is 9. The first-order valence-electron chi connectivity index (χ1n) is 9.23. The zero-order valence-electron chi connectivity index (χ0n) is 17.2. The lowest BCUT2D eigenvalue weighted by molar-refractivity contribution is -0.137. The summed E-state index contributed by atoms with van der Waals surface area (Å²) in [5.41, 5.74) is -1.33. The molecule has 7 nitrogen and oxygen atoms in total. The molecule has 0 aliphatic rings. The Balaban J connectivity index is 2.58. The predicted octanol–water partition coefficient (Wildman–Crippen LogP) is 3.44. The molecule has 0 radical (unpaired) electrons. The van der Waals surface area contributed by atoms with Gasteiger partial charge in [-0.3, -0.25) is 9.10 Å². The van der Waals surface area contributed by atoms with Crippen molar-refractivity contribution in [2.75, 3.05) is 31.6 Å². The molecule has 11 heteroatoms. The number of benzene rings is 2. The average molecular weight is 460 g/mol. The van der Waals surface area contributed by atoms with Crippen LogP contribution in [0.1, 0.15) is 18.9 Å². The highest BCUT2D eigenvalue weighted by Gasteiger charge is 2.33. The number of sulfonamides is 1. The van der Waals surface area contributed by atoms with Gasteiger partial charge in [-0.15, -0.1) is 0 Å². The minimum atomic E-state index is -4.68. The zero-order valence-corrected chi connectivity index (χ0v) is 18.0. The highest BCUT2D eigenvalue weighted by atomic mass is 32.2. The van der Waals surface area contributed by atoms with E-state index in [1.54, 1.807) is 0 Å². The molecule has 2 aromatic rings. The maximum atomic E-state index is 13.3. The molecule has 2 aromatic carbocycles. The minimum absolute atomic E-state index is 0.114. The fraction of sp³-hybridized carbons (Fsp3) is 0.350. The molecule has 0 heterocycles. The van der Waals surface area contributed by atoms with E-state index in [-0.39, 0.29) is 22.1 Å². The van der Waals surface area contributed by atoms with E-state index in [0.29, 0.717) is 23.3 Å². The van der Waals surface area contributed by atoms with Crippen molar-refractivity contribution >= 4 is 21.6 Å². The largest absolute Gasteiger partial charge is 0.493 e. The molecule has 2 rings (SSSR count). The van der Waals surface area contributed by atoms with E-state index in [1.807, 2.05) is 6.92 Å². The number of methoxy groups -OCH3 is 2. The third-order valence-electron chi connectivity index (χ3n) is 4.26. The van der Waals surface area contributed by atoms with Gasteiger partial charge in [0.1, 0.15) is 6.54 Å². The van der Waals surface area contributed by atoms with Gasteiger partial charge in [0.15, 0.2) is 11.5 Å². The molecular formula is C20H23F3N2O5S. The van der Waals surface area contributed by atoms with Crippen molar-refractivity contribution in [3.05, 3.63) is 48.0 Å². The van der Waals surface area contributed by atoms with Crippen LogP contribution in [0.15, 0.2) is 47.4 Å². The highest BCUT2D eigenvalue weighted by Crippen LogP contribution is 2.35. The van der Waals surface area contributed by atoms with Crippen molar-refractivity contribution in [3.63, 3.8) is 0 Å². The van der Waals surface area contributed by atoms with Gasteiger partial charge in [-0.25, -0.2) is 8.42 Å². The molecule has 31 heavy (non-hydrogen) atoms. The normalized spacial score (nSPS) is 11.7. The van der Waals surface area contributed by atoms with Gasteiger partial charge in [-0.05, 0) is 36.8 Å². The Labute approximate surface area is 178 Å². The van der Waals surface area contributed by atoms with Crippen molar-refractivity contribution in [3.8, 4) is 11.5 Å². The van der Waals surface area contributed by atoms with Gasteiger partial charge in [0.05, 0.1) is 30.4 Å². The Morgan fingerprint density at radius 1 is 1.06 bits per heavy atom. The first kappa shape index (κ1) is 24.3. The number of nitrogens with one attached hydrogen (secondary N) is 1. The van der Waals surface area contributed by atoms with Gasteiger partial charge in [-0.2, -0.15) is 13.2 Å². The lowest BCUT2D eigenvalue weighted by Crippen LogP contribution is -2.41. The van der Waals surface area contributed by atoms with Crippen LogP contribution in [0.25, 0.3) is 0 Å². The van der Waals surface area contributed by atoms with Crippen LogP contribution in [0.5, 0.6) is 11.5 Å². The molecule has 0 fully saturated rings. The third kappa shape index (κ3) is 5.81. The number of carbonyl (C=O) groups is 1. The van der Waals surface area contributed by atoms with Gasteiger partial charge in [0, 0.05) is 12.6 Å². The number of anilines is 1. The van der Waals surface area contributed by atoms with Crippen molar-refractivity contribution in [1.82, 2.24) is 5.32 Å². The number of ether oxygens (including phenoxy) is 2. The molecule has 0 atom stereocenters. The maximum Gasteiger partial charge on any atom is 0.416 e. The van der Waals surface area contributed by atoms with Gasteiger partial charge in [0.25, 0.3) is 10.0 Å². The molecule has 0 aromatic heterocycles. The van der Waals surface area contributed by atoms with Crippen molar-refractivity contribution in [1.29, 1.82) is 0 Å². The number of alkyl halides is 3. The summed E-state index contributed by atoms with van der Waals surface area (Å²) in [6, 6.07) is 7.54. The summed E-state index contributed by atoms with van der Waals surface area (Å²) in [5, 5.41) is 2.53. The third-order valence-corrected chi connectivity index (χ3v) is 6.03. The molecule has 170 valence electrons. The standard InChI is InChI=1S/C20H23F3N2O5S/c1-4-10-24-19(26)13-25(15-7-5-6-14(11-15)20(21,22)23)31(27,28)16-8-9-17(29-2)18(12-16)30-3/h5-9,11-12H,4,10,13H2,1-3H3,(H,24,26). The summed E-state index contributed by atoms with van der Waals surface area (Å²) in [6.07, 6.45) is -4.07. The topological polar surface area (TPSA) is 84.9 Å². The van der Waals surface area contributed by atoms with E-state index in [0.717, 1.165) is 12.1 Å². The Hall–Kier alpha value is -2.95. The van der Waals surface area contributed by atoms with Crippen LogP contribution in [0, 0.1) is 0 Å². The molecule has 0 aliphatic heterocycles. The van der Waals surface area contributed by atoms with Gasteiger partial charge >= 0.3 is 6.18 Å². The molecule has 1 amide bonds. The van der Waals surface area contributed by atoms with E-state index in [4.69, 9.17) is 9.47 Å². The summed E-state index contributed by atoms with van der Waals surface area (Å²) < 4.78 is 77.1. The second kappa shape index (κ2) is 9.90. The molecule has 0 aliphatic carbocycles. The fourth-order valence-electron chi connectivity index (χ4n) is 2.71. The van der Waals surface area contributed by atoms with Crippen LogP contribution in [0.3, 0.4) is 0 Å². The molecular weight excluding hydrogens is 437 g/mol. The van der Waals surface area contributed by atoms with Gasteiger partial charge in [-0.1, -0.05) is 13.0 Å². The second-order valence-corrected chi connectivity index (χ2v) is 8.29. The second-order valence-electron chi connectivity index (χ2n) is 6.43. The Bertz CT molecular complexity index is 1030. The Morgan fingerprint density at radius 3 is 2.32 bits per heavy atom. The Morgan fingerprint density at radius 2 is 1.74 bits per heavy atom. The lowest BCUT2D eigenvalue weighted by atomic mass is 10.2. The maximum absolute atomic E-state index is 13.3. The van der Waals surface area contributed by atoms with E-state index in [9.17, 15) is 26.4 Å². The molecule has 0 bridgehead atoms. The SMILES string of the molecule is CCCNC(=O)CN(c1cccc(C(F)(F)F)c1)S(=O)(=O)c1ccc(OC)c(OC)c1. The van der Waals surface area contributed by atoms with Crippen LogP contribution in [-0.4, -0.2) is 41.6 Å². The molecule has 1 N–H and O–H groups in total. The smallest absolute Gasteiger partial charge is 0.416 e. The summed E-state index contributed by atoms with van der Waals surface area (Å²) in [5.74, 6) is -0.265. The quantitative estimate of drug-likeness (QED) is 0.620. The Kier molecular flexibility index (Phi) is 7.77. The minimum Gasteiger partial charge on any atom is -0.493 e. The van der Waals surface area contributed by atoms with Gasteiger partial charge < -0.3 is 14.8 Å². The highest BCUT2D eigenvalue weighted by molar-refractivity contribution is 7.92. The molecule has 0 unspecified atom stereocenters. The summed E-state index contributed by atoms with van der Waals surface area (Å²) >= 11 is 0. The van der Waals surface area contributed by atoms with E-state index < -0.39 is 34.2 Å². The fourth-order valence-corrected chi connectivity index (χ4v) is 4.14. The molecule has 0 spiro atoms. The van der Waals surface area contributed by atoms with Crippen LogP contribution >= 0.6 is 0 Å².